The number of hydrogen-bond acceptors (Lipinski definition) is 8. The van der Waals surface area contributed by atoms with E-state index in [4.69, 9.17) is 9.47 Å². The number of methoxy groups -OCH3 is 1. The minimum atomic E-state index is -0.420. The Morgan fingerprint density at radius 1 is 1.11 bits per heavy atom. The van der Waals surface area contributed by atoms with E-state index in [0.717, 1.165) is 32.1 Å². The van der Waals surface area contributed by atoms with Crippen molar-refractivity contribution in [2.45, 2.75) is 30.5 Å². The van der Waals surface area contributed by atoms with Crippen LogP contribution in [0.25, 0.3) is 21.3 Å². The Morgan fingerprint density at radius 3 is 2.63 bits per heavy atom. The molecule has 0 radical (unpaired) electrons. The topological polar surface area (TPSA) is 90.4 Å². The van der Waals surface area contributed by atoms with Crippen molar-refractivity contribution in [2.75, 3.05) is 19.0 Å². The summed E-state index contributed by atoms with van der Waals surface area (Å²) in [5, 5.41) is 6.29. The van der Waals surface area contributed by atoms with Crippen LogP contribution in [0.2, 0.25) is 0 Å². The van der Waals surface area contributed by atoms with Gasteiger partial charge in [0.25, 0.3) is 0 Å². The largest absolute Gasteiger partial charge is 0.497 e. The van der Waals surface area contributed by atoms with E-state index in [1.165, 1.54) is 18.1 Å². The lowest BCUT2D eigenvalue weighted by Gasteiger charge is -2.15. The predicted molar refractivity (Wildman–Crippen MR) is 140 cm³/mol. The molecule has 0 aliphatic carbocycles. The lowest BCUT2D eigenvalue weighted by atomic mass is 10.1. The summed E-state index contributed by atoms with van der Waals surface area (Å²) < 4.78 is 10.3. The van der Waals surface area contributed by atoms with Crippen molar-refractivity contribution in [1.29, 1.82) is 0 Å². The Labute approximate surface area is 211 Å². The summed E-state index contributed by atoms with van der Waals surface area (Å²) >= 11 is 2.96. The molecule has 1 amide bonds. The normalized spacial score (nSPS) is 11.7. The molecule has 35 heavy (non-hydrogen) atoms. The monoisotopic (exact) mass is 507 g/mol. The maximum atomic E-state index is 13.2. The third kappa shape index (κ3) is 5.63. The van der Waals surface area contributed by atoms with E-state index < -0.39 is 5.97 Å². The second-order valence-corrected chi connectivity index (χ2v) is 9.59. The number of esters is 1. The van der Waals surface area contributed by atoms with Gasteiger partial charge in [0, 0.05) is 16.6 Å². The van der Waals surface area contributed by atoms with Crippen LogP contribution in [0.1, 0.15) is 30.6 Å². The van der Waals surface area contributed by atoms with Crippen molar-refractivity contribution < 1.29 is 19.1 Å². The second-order valence-electron chi connectivity index (χ2n) is 7.54. The number of rotatable bonds is 9. The minimum absolute atomic E-state index is 0.161. The SMILES string of the molecule is CCOC(=O)c1cccc(NC(=O)C(CC)Sc2ncnc3scc(-c4ccc(OC)cc4)c23)c1. The summed E-state index contributed by atoms with van der Waals surface area (Å²) in [6.45, 7) is 4.01. The summed E-state index contributed by atoms with van der Waals surface area (Å²) in [6, 6.07) is 14.6. The summed E-state index contributed by atoms with van der Waals surface area (Å²) in [5.74, 6) is 0.206. The molecule has 0 spiro atoms. The van der Waals surface area contributed by atoms with E-state index in [1.807, 2.05) is 31.2 Å². The summed E-state index contributed by atoms with van der Waals surface area (Å²) in [5.41, 5.74) is 2.99. The zero-order chi connectivity index (χ0) is 24.8. The van der Waals surface area contributed by atoms with E-state index in [-0.39, 0.29) is 11.2 Å². The number of ether oxygens (including phenoxy) is 2. The van der Waals surface area contributed by atoms with Gasteiger partial charge in [0.15, 0.2) is 0 Å². The van der Waals surface area contributed by atoms with Crippen LogP contribution in [-0.4, -0.2) is 40.8 Å². The number of nitrogens with one attached hydrogen (secondary N) is 1. The molecule has 0 saturated heterocycles. The molecule has 2 heterocycles. The van der Waals surface area contributed by atoms with Gasteiger partial charge in [-0.25, -0.2) is 14.8 Å². The molecule has 4 rings (SSSR count). The predicted octanol–water partition coefficient (Wildman–Crippen LogP) is 6.05. The lowest BCUT2D eigenvalue weighted by molar-refractivity contribution is -0.115. The highest BCUT2D eigenvalue weighted by Crippen LogP contribution is 2.40. The lowest BCUT2D eigenvalue weighted by Crippen LogP contribution is -2.24. The van der Waals surface area contributed by atoms with Crippen LogP contribution in [-0.2, 0) is 9.53 Å². The number of benzene rings is 2. The Morgan fingerprint density at radius 2 is 1.91 bits per heavy atom. The number of thiophene rings is 1. The Balaban J connectivity index is 1.58. The molecular formula is C26H25N3O4S2. The van der Waals surface area contributed by atoms with Gasteiger partial charge in [-0.05, 0) is 49.2 Å². The van der Waals surface area contributed by atoms with Crippen molar-refractivity contribution >= 4 is 50.9 Å². The first-order chi connectivity index (χ1) is 17.0. The maximum Gasteiger partial charge on any atom is 0.338 e. The molecule has 0 bridgehead atoms. The highest BCUT2D eigenvalue weighted by Gasteiger charge is 2.22. The number of thioether (sulfide) groups is 1. The molecule has 9 heteroatoms. The molecule has 0 saturated carbocycles. The van der Waals surface area contributed by atoms with Gasteiger partial charge in [-0.2, -0.15) is 0 Å². The fourth-order valence-electron chi connectivity index (χ4n) is 3.54. The first-order valence-corrected chi connectivity index (χ1v) is 12.9. The Kier molecular flexibility index (Phi) is 7.99. The van der Waals surface area contributed by atoms with Crippen LogP contribution in [0.3, 0.4) is 0 Å². The molecule has 180 valence electrons. The van der Waals surface area contributed by atoms with Crippen LogP contribution in [0, 0.1) is 0 Å². The van der Waals surface area contributed by atoms with Gasteiger partial charge in [0.2, 0.25) is 5.91 Å². The number of carbonyl (C=O) groups is 2. The van der Waals surface area contributed by atoms with Gasteiger partial charge >= 0.3 is 5.97 Å². The number of nitrogens with zero attached hydrogens (tertiary/aromatic N) is 2. The zero-order valence-electron chi connectivity index (χ0n) is 19.6. The third-order valence-electron chi connectivity index (χ3n) is 5.29. The van der Waals surface area contributed by atoms with Crippen LogP contribution >= 0.6 is 23.1 Å². The fourth-order valence-corrected chi connectivity index (χ4v) is 5.55. The van der Waals surface area contributed by atoms with Crippen LogP contribution in [0.5, 0.6) is 5.75 Å². The van der Waals surface area contributed by atoms with Gasteiger partial charge in [0.1, 0.15) is 21.9 Å². The zero-order valence-corrected chi connectivity index (χ0v) is 21.2. The fraction of sp³-hybridized carbons (Fsp3) is 0.231. The molecule has 1 N–H and O–H groups in total. The van der Waals surface area contributed by atoms with Gasteiger partial charge in [-0.3, -0.25) is 4.79 Å². The van der Waals surface area contributed by atoms with E-state index in [9.17, 15) is 9.59 Å². The van der Waals surface area contributed by atoms with Crippen molar-refractivity contribution in [2.24, 2.45) is 0 Å². The van der Waals surface area contributed by atoms with E-state index in [0.29, 0.717) is 24.3 Å². The highest BCUT2D eigenvalue weighted by atomic mass is 32.2. The molecule has 2 aromatic heterocycles. The maximum absolute atomic E-state index is 13.2. The first-order valence-electron chi connectivity index (χ1n) is 11.1. The molecule has 0 aliphatic rings. The van der Waals surface area contributed by atoms with Crippen LogP contribution in [0.15, 0.2) is 65.3 Å². The van der Waals surface area contributed by atoms with E-state index in [2.05, 4.69) is 20.7 Å². The van der Waals surface area contributed by atoms with Crippen molar-refractivity contribution in [3.05, 3.63) is 65.8 Å². The number of carbonyl (C=O) groups excluding carboxylic acids is 2. The number of amides is 1. The van der Waals surface area contributed by atoms with Crippen LogP contribution in [0.4, 0.5) is 5.69 Å². The highest BCUT2D eigenvalue weighted by molar-refractivity contribution is 8.00. The van der Waals surface area contributed by atoms with Crippen molar-refractivity contribution in [3.63, 3.8) is 0 Å². The molecular weight excluding hydrogens is 482 g/mol. The Hall–Kier alpha value is -3.43. The molecule has 1 atom stereocenters. The quantitative estimate of drug-likeness (QED) is 0.167. The average Bonchev–Trinajstić information content (AvgIpc) is 3.32. The molecule has 0 aliphatic heterocycles. The van der Waals surface area contributed by atoms with E-state index >= 15 is 0 Å². The molecule has 2 aromatic carbocycles. The van der Waals surface area contributed by atoms with E-state index in [1.54, 1.807) is 49.6 Å². The average molecular weight is 508 g/mol. The number of hydrogen-bond donors (Lipinski definition) is 1. The summed E-state index contributed by atoms with van der Waals surface area (Å²) in [4.78, 5) is 35.0. The molecule has 1 unspecified atom stereocenters. The molecule has 7 nitrogen and oxygen atoms in total. The standard InChI is InChI=1S/C26H25N3O4S2/c1-4-21(23(30)29-18-8-6-7-17(13-18)26(31)33-5-2)35-25-22-20(14-34-24(22)27-15-28-25)16-9-11-19(32-3)12-10-16/h6-15,21H,4-5H2,1-3H3,(H,29,30). The molecule has 0 fully saturated rings. The second kappa shape index (κ2) is 11.3. The summed E-state index contributed by atoms with van der Waals surface area (Å²) in [7, 11) is 1.64. The summed E-state index contributed by atoms with van der Waals surface area (Å²) in [6.07, 6.45) is 2.13. The first kappa shape index (κ1) is 24.7. The van der Waals surface area contributed by atoms with Crippen molar-refractivity contribution in [3.8, 4) is 16.9 Å². The minimum Gasteiger partial charge on any atom is -0.497 e. The van der Waals surface area contributed by atoms with Crippen LogP contribution < -0.4 is 10.1 Å². The number of anilines is 1. The van der Waals surface area contributed by atoms with Gasteiger partial charge in [-0.1, -0.05) is 36.9 Å². The number of fused-ring (bicyclic) bond motifs is 1. The third-order valence-corrected chi connectivity index (χ3v) is 7.55. The van der Waals surface area contributed by atoms with Crippen molar-refractivity contribution in [1.82, 2.24) is 9.97 Å². The molecule has 4 aromatic rings. The smallest absolute Gasteiger partial charge is 0.338 e. The van der Waals surface area contributed by atoms with Gasteiger partial charge < -0.3 is 14.8 Å². The van der Waals surface area contributed by atoms with Gasteiger partial charge in [0.05, 0.1) is 29.9 Å². The van der Waals surface area contributed by atoms with Gasteiger partial charge in [-0.15, -0.1) is 11.3 Å². The number of aromatic nitrogens is 2. The Bertz CT molecular complexity index is 1340.